The summed E-state index contributed by atoms with van der Waals surface area (Å²) in [7, 11) is 0. The van der Waals surface area contributed by atoms with Crippen LogP contribution in [0.3, 0.4) is 0 Å². The molecule has 0 spiro atoms. The van der Waals surface area contributed by atoms with E-state index in [-0.39, 0.29) is 13.4 Å². The highest BCUT2D eigenvalue weighted by Crippen LogP contribution is 2.43. The molecule has 0 unspecified atom stereocenters. The molecule has 10 aromatic carbocycles. The minimum absolute atomic E-state index is 0.124. The number of aromatic nitrogens is 2. The number of hydrogen-bond acceptors (Lipinski definition) is 0. The zero-order valence-electron chi connectivity index (χ0n) is 30.4. The van der Waals surface area contributed by atoms with E-state index in [9.17, 15) is 0 Å². The molecule has 0 aliphatic carbocycles. The highest BCUT2D eigenvalue weighted by atomic mass is 15.0. The van der Waals surface area contributed by atoms with Gasteiger partial charge in [-0.3, -0.25) is 0 Å². The molecular weight excluding hydrogens is 674 g/mol. The molecule has 0 amide bonds. The Labute approximate surface area is 323 Å². The van der Waals surface area contributed by atoms with Crippen molar-refractivity contribution in [3.05, 3.63) is 182 Å². The molecule has 4 heterocycles. The van der Waals surface area contributed by atoms with Crippen molar-refractivity contribution in [1.29, 1.82) is 0 Å². The normalized spacial score (nSPS) is 13.3. The summed E-state index contributed by atoms with van der Waals surface area (Å²) in [6, 6.07) is 68.8. The monoisotopic (exact) mass is 704 g/mol. The lowest BCUT2D eigenvalue weighted by molar-refractivity contribution is 1.14. The van der Waals surface area contributed by atoms with Crippen LogP contribution < -0.4 is 32.8 Å². The lowest BCUT2D eigenvalue weighted by Gasteiger charge is -2.32. The molecule has 2 nitrogen and oxygen atoms in total. The van der Waals surface area contributed by atoms with Crippen molar-refractivity contribution in [2.75, 3.05) is 0 Å². The minimum atomic E-state index is 0.124. The molecule has 12 aromatic rings. The SMILES string of the molecule is c1ccc(B2c3cccc4c3B(c3ccccc3-4)c3cc4ccc5c6c(ccc(c32)c46)cc2c5n3c4ccccc4c4cccc(c43)n2-c2ccccc2)cc1. The average Bonchev–Trinajstić information content (AvgIpc) is 3.78. The molecule has 2 aliphatic heterocycles. The Bertz CT molecular complexity index is 3650. The Balaban J connectivity index is 1.19. The molecule has 0 bridgehead atoms. The van der Waals surface area contributed by atoms with Crippen LogP contribution in [0.4, 0.5) is 0 Å². The summed E-state index contributed by atoms with van der Waals surface area (Å²) in [6.07, 6.45) is 0. The molecule has 4 heteroatoms. The quantitative estimate of drug-likeness (QED) is 0.0972. The first-order valence-electron chi connectivity index (χ1n) is 19.8. The summed E-state index contributed by atoms with van der Waals surface area (Å²) in [6.45, 7) is 0.330. The molecule has 2 aliphatic rings. The number of fused-ring (bicyclic) bond motifs is 12. The lowest BCUT2D eigenvalue weighted by atomic mass is 9.21. The average molecular weight is 704 g/mol. The van der Waals surface area contributed by atoms with E-state index in [1.807, 2.05) is 0 Å². The highest BCUT2D eigenvalue weighted by Gasteiger charge is 2.45. The topological polar surface area (TPSA) is 9.34 Å². The van der Waals surface area contributed by atoms with Crippen molar-refractivity contribution in [2.45, 2.75) is 0 Å². The third kappa shape index (κ3) is 3.48. The van der Waals surface area contributed by atoms with E-state index in [1.165, 1.54) is 120 Å². The van der Waals surface area contributed by atoms with Gasteiger partial charge in [-0.1, -0.05) is 184 Å². The van der Waals surface area contributed by atoms with E-state index in [0.29, 0.717) is 0 Å². The molecule has 254 valence electrons. The summed E-state index contributed by atoms with van der Waals surface area (Å²) in [5, 5.41) is 10.5. The van der Waals surface area contributed by atoms with Gasteiger partial charge in [-0.25, -0.2) is 0 Å². The Kier molecular flexibility index (Phi) is 5.44. The van der Waals surface area contributed by atoms with Crippen LogP contribution in [0.2, 0.25) is 0 Å². The Hall–Kier alpha value is -7.03. The molecule has 0 fully saturated rings. The molecule has 0 N–H and O–H groups in total. The van der Waals surface area contributed by atoms with Gasteiger partial charge in [0.05, 0.1) is 27.6 Å². The zero-order chi connectivity index (χ0) is 36.2. The first-order chi connectivity index (χ1) is 27.8. The van der Waals surface area contributed by atoms with Crippen molar-refractivity contribution in [2.24, 2.45) is 0 Å². The van der Waals surface area contributed by atoms with Crippen LogP contribution in [0.15, 0.2) is 182 Å². The molecule has 0 atom stereocenters. The first kappa shape index (κ1) is 29.3. The molecule has 2 aromatic heterocycles. The van der Waals surface area contributed by atoms with Crippen LogP contribution >= 0.6 is 0 Å². The Morgan fingerprint density at radius 2 is 1.00 bits per heavy atom. The van der Waals surface area contributed by atoms with Gasteiger partial charge in [0.25, 0.3) is 0 Å². The van der Waals surface area contributed by atoms with Crippen molar-refractivity contribution in [1.82, 2.24) is 8.97 Å². The number of para-hydroxylation sites is 3. The molecule has 0 saturated heterocycles. The van der Waals surface area contributed by atoms with Gasteiger partial charge in [-0.05, 0) is 68.4 Å². The van der Waals surface area contributed by atoms with Gasteiger partial charge < -0.3 is 8.97 Å². The van der Waals surface area contributed by atoms with Crippen LogP contribution in [0.25, 0.3) is 87.5 Å². The maximum absolute atomic E-state index is 2.57. The highest BCUT2D eigenvalue weighted by molar-refractivity contribution is 7.13. The van der Waals surface area contributed by atoms with E-state index in [0.717, 1.165) is 0 Å². The molecular formula is C52H30B2N2. The van der Waals surface area contributed by atoms with E-state index in [1.54, 1.807) is 0 Å². The number of hydrogen-bond donors (Lipinski definition) is 0. The van der Waals surface area contributed by atoms with Crippen LogP contribution in [0.5, 0.6) is 0 Å². The minimum Gasteiger partial charge on any atom is -0.306 e. The number of benzene rings is 10. The van der Waals surface area contributed by atoms with Gasteiger partial charge in [-0.15, -0.1) is 0 Å². The second-order valence-corrected chi connectivity index (χ2v) is 15.9. The maximum Gasteiger partial charge on any atom is 0.241 e. The van der Waals surface area contributed by atoms with Crippen LogP contribution in [0, 0.1) is 0 Å². The van der Waals surface area contributed by atoms with E-state index >= 15 is 0 Å². The first-order valence-corrected chi connectivity index (χ1v) is 19.8. The standard InChI is InChI=1S/C52H30B2N2/c1-3-13-33(14-4-1)53-42-22-11-19-37-35-17-7-9-21-41(35)54(49(37)42)43-29-31-26-28-40-48-32(25-27-39(47(31)48)50(43)53)30-46-52(40)56-44-23-10-8-18-36(44)38-20-12-24-45(51(38)56)55(46)34-15-5-2-6-16-34/h1-30H. The predicted octanol–water partition coefficient (Wildman–Crippen LogP) is 8.41. The van der Waals surface area contributed by atoms with Crippen molar-refractivity contribution in [3.63, 3.8) is 0 Å². The van der Waals surface area contributed by atoms with Crippen molar-refractivity contribution < 1.29 is 0 Å². The second kappa shape index (κ2) is 10.4. The third-order valence-corrected chi connectivity index (χ3v) is 13.4. The summed E-state index contributed by atoms with van der Waals surface area (Å²) < 4.78 is 5.06. The Morgan fingerprint density at radius 1 is 0.357 bits per heavy atom. The van der Waals surface area contributed by atoms with E-state index < -0.39 is 0 Å². The summed E-state index contributed by atoms with van der Waals surface area (Å²) in [4.78, 5) is 0. The Morgan fingerprint density at radius 3 is 1.89 bits per heavy atom. The van der Waals surface area contributed by atoms with Crippen molar-refractivity contribution >= 4 is 117 Å². The van der Waals surface area contributed by atoms with E-state index in [4.69, 9.17) is 0 Å². The summed E-state index contributed by atoms with van der Waals surface area (Å²) in [5.74, 6) is 0. The van der Waals surface area contributed by atoms with Crippen LogP contribution in [-0.4, -0.2) is 22.4 Å². The third-order valence-electron chi connectivity index (χ3n) is 13.4. The molecule has 0 radical (unpaired) electrons. The van der Waals surface area contributed by atoms with Gasteiger partial charge in [-0.2, -0.15) is 0 Å². The molecule has 14 rings (SSSR count). The summed E-state index contributed by atoms with van der Waals surface area (Å²) in [5.41, 5.74) is 18.7. The van der Waals surface area contributed by atoms with Crippen molar-refractivity contribution in [3.8, 4) is 16.8 Å². The fourth-order valence-electron chi connectivity index (χ4n) is 11.3. The maximum atomic E-state index is 2.57. The van der Waals surface area contributed by atoms with E-state index in [2.05, 4.69) is 191 Å². The van der Waals surface area contributed by atoms with Crippen LogP contribution in [0.1, 0.15) is 0 Å². The molecule has 56 heavy (non-hydrogen) atoms. The van der Waals surface area contributed by atoms with Gasteiger partial charge in [0.1, 0.15) is 0 Å². The second-order valence-electron chi connectivity index (χ2n) is 15.9. The number of rotatable bonds is 2. The largest absolute Gasteiger partial charge is 0.306 e. The van der Waals surface area contributed by atoms with Gasteiger partial charge in [0, 0.05) is 21.8 Å². The van der Waals surface area contributed by atoms with Gasteiger partial charge in [0.2, 0.25) is 13.4 Å². The smallest absolute Gasteiger partial charge is 0.241 e. The predicted molar refractivity (Wildman–Crippen MR) is 241 cm³/mol. The molecule has 0 saturated carbocycles. The fourth-order valence-corrected chi connectivity index (χ4v) is 11.3. The van der Waals surface area contributed by atoms with Gasteiger partial charge >= 0.3 is 0 Å². The lowest BCUT2D eigenvalue weighted by Crippen LogP contribution is -2.73. The van der Waals surface area contributed by atoms with Crippen LogP contribution in [-0.2, 0) is 0 Å². The number of nitrogens with zero attached hydrogens (tertiary/aromatic N) is 2. The van der Waals surface area contributed by atoms with Gasteiger partial charge in [0.15, 0.2) is 0 Å². The zero-order valence-corrected chi connectivity index (χ0v) is 30.4. The summed E-state index contributed by atoms with van der Waals surface area (Å²) >= 11 is 0. The fraction of sp³-hybridized carbons (Fsp3) is 0.